The Hall–Kier alpha value is -2.51. The van der Waals surface area contributed by atoms with Crippen molar-refractivity contribution in [2.45, 2.75) is 30.7 Å². The van der Waals surface area contributed by atoms with Gasteiger partial charge in [-0.25, -0.2) is 8.51 Å². The van der Waals surface area contributed by atoms with Gasteiger partial charge in [0.2, 0.25) is 0 Å². The van der Waals surface area contributed by atoms with Crippen molar-refractivity contribution in [2.24, 2.45) is 0 Å². The summed E-state index contributed by atoms with van der Waals surface area (Å²) in [5.41, 5.74) is 1.81. The summed E-state index contributed by atoms with van der Waals surface area (Å²) in [4.78, 5) is 27.1. The van der Waals surface area contributed by atoms with E-state index in [4.69, 9.17) is 4.74 Å². The molecular weight excluding hydrogens is 376 g/mol. The molecule has 0 radical (unpaired) electrons. The van der Waals surface area contributed by atoms with Crippen LogP contribution in [-0.2, 0) is 22.3 Å². The third-order valence-corrected chi connectivity index (χ3v) is 6.69. The first-order chi connectivity index (χ1) is 13.6. The minimum atomic E-state index is -1.30. The van der Waals surface area contributed by atoms with E-state index >= 15 is 0 Å². The highest BCUT2D eigenvalue weighted by atomic mass is 32.2. The molecule has 28 heavy (non-hydrogen) atoms. The predicted molar refractivity (Wildman–Crippen MR) is 107 cm³/mol. The first-order valence-corrected chi connectivity index (χ1v) is 10.5. The third-order valence-electron chi connectivity index (χ3n) is 5.19. The summed E-state index contributed by atoms with van der Waals surface area (Å²) in [7, 11) is 0.293. The Labute approximate surface area is 166 Å². The number of rotatable bonds is 5. The zero-order chi connectivity index (χ0) is 19.7. The Balaban J connectivity index is 1.59. The molecule has 6 nitrogen and oxygen atoms in total. The van der Waals surface area contributed by atoms with Crippen molar-refractivity contribution >= 4 is 28.4 Å². The van der Waals surface area contributed by atoms with E-state index in [0.717, 1.165) is 43.7 Å². The number of ether oxygens (including phenoxy) is 1. The minimum absolute atomic E-state index is 0.302. The average molecular weight is 398 g/mol. The van der Waals surface area contributed by atoms with Gasteiger partial charge in [-0.1, -0.05) is 18.6 Å². The minimum Gasteiger partial charge on any atom is -0.497 e. The van der Waals surface area contributed by atoms with Crippen LogP contribution in [0.4, 0.5) is 5.69 Å². The average Bonchev–Trinajstić information content (AvgIpc) is 2.98. The van der Waals surface area contributed by atoms with Crippen LogP contribution in [-0.4, -0.2) is 40.4 Å². The summed E-state index contributed by atoms with van der Waals surface area (Å²) < 4.78 is 19.9. The number of ketones is 1. The Kier molecular flexibility index (Phi) is 5.28. The number of carbonyl (C=O) groups is 2. The summed E-state index contributed by atoms with van der Waals surface area (Å²) in [6.07, 6.45) is 3.22. The van der Waals surface area contributed by atoms with Gasteiger partial charge in [0, 0.05) is 13.1 Å². The van der Waals surface area contributed by atoms with Gasteiger partial charge in [-0.3, -0.25) is 9.59 Å². The van der Waals surface area contributed by atoms with Gasteiger partial charge in [-0.2, -0.15) is 0 Å². The fourth-order valence-electron chi connectivity index (χ4n) is 3.64. The molecular formula is C21H22N2O4S. The molecule has 1 unspecified atom stereocenters. The van der Waals surface area contributed by atoms with Crippen LogP contribution in [0, 0.1) is 0 Å². The Bertz CT molecular complexity index is 936. The lowest BCUT2D eigenvalue weighted by atomic mass is 10.1. The summed E-state index contributed by atoms with van der Waals surface area (Å²) in [5, 5.41) is 0. The van der Waals surface area contributed by atoms with Gasteiger partial charge in [-0.05, 0) is 48.7 Å². The van der Waals surface area contributed by atoms with Gasteiger partial charge < -0.3 is 9.64 Å². The van der Waals surface area contributed by atoms with Gasteiger partial charge in [0.05, 0.1) is 29.8 Å². The quantitative estimate of drug-likeness (QED) is 0.727. The number of hydrogen-bond donors (Lipinski definition) is 0. The molecule has 0 spiro atoms. The number of carbonyl (C=O) groups excluding carboxylic acids is 2. The van der Waals surface area contributed by atoms with Crippen LogP contribution in [0.15, 0.2) is 47.4 Å². The number of amides is 1. The Morgan fingerprint density at radius 1 is 1.00 bits per heavy atom. The monoisotopic (exact) mass is 398 g/mol. The molecule has 2 aromatic rings. The standard InChI is InChI=1S/C21H22N2O4S/c1-27-16-7-5-15(6-8-16)14-23-19-10-9-17(13-18(19)20(24)21(23)25)28(26)22-11-3-2-4-12-22/h5-10,13H,2-4,11-12,14H2,1H3. The van der Waals surface area contributed by atoms with Crippen molar-refractivity contribution in [3.8, 4) is 5.75 Å². The lowest BCUT2D eigenvalue weighted by molar-refractivity contribution is -0.114. The fraction of sp³-hybridized carbons (Fsp3) is 0.333. The molecule has 2 heterocycles. The predicted octanol–water partition coefficient (Wildman–Crippen LogP) is 2.93. The van der Waals surface area contributed by atoms with Crippen LogP contribution in [0.5, 0.6) is 5.75 Å². The van der Waals surface area contributed by atoms with Gasteiger partial charge in [0.15, 0.2) is 0 Å². The largest absolute Gasteiger partial charge is 0.497 e. The van der Waals surface area contributed by atoms with Crippen molar-refractivity contribution < 1.29 is 18.5 Å². The first-order valence-electron chi connectivity index (χ1n) is 9.38. The SMILES string of the molecule is COc1ccc(CN2C(=O)C(=O)c3cc(S(=O)N4CCCCC4)ccc32)cc1. The number of Topliss-reactive ketones (excluding diaryl/α,β-unsaturated/α-hetero) is 1. The zero-order valence-electron chi connectivity index (χ0n) is 15.7. The topological polar surface area (TPSA) is 66.9 Å². The molecule has 1 saturated heterocycles. The van der Waals surface area contributed by atoms with E-state index in [1.807, 2.05) is 28.6 Å². The highest BCUT2D eigenvalue weighted by Crippen LogP contribution is 2.33. The molecule has 2 aliphatic heterocycles. The maximum absolute atomic E-state index is 12.8. The van der Waals surface area contributed by atoms with Crippen LogP contribution in [0.3, 0.4) is 0 Å². The van der Waals surface area contributed by atoms with E-state index in [9.17, 15) is 13.8 Å². The number of benzene rings is 2. The van der Waals surface area contributed by atoms with E-state index in [1.54, 1.807) is 25.3 Å². The van der Waals surface area contributed by atoms with Crippen molar-refractivity contribution in [3.63, 3.8) is 0 Å². The van der Waals surface area contributed by atoms with Gasteiger partial charge in [0.25, 0.3) is 11.7 Å². The molecule has 0 saturated carbocycles. The van der Waals surface area contributed by atoms with Crippen molar-refractivity contribution in [1.29, 1.82) is 0 Å². The summed E-state index contributed by atoms with van der Waals surface area (Å²) >= 11 is 0. The molecule has 0 aromatic heterocycles. The van der Waals surface area contributed by atoms with Crippen LogP contribution in [0.1, 0.15) is 35.2 Å². The summed E-state index contributed by atoms with van der Waals surface area (Å²) in [6, 6.07) is 12.5. The van der Waals surface area contributed by atoms with Gasteiger partial charge in [-0.15, -0.1) is 0 Å². The molecule has 146 valence electrons. The lowest BCUT2D eigenvalue weighted by Gasteiger charge is -2.25. The van der Waals surface area contributed by atoms with E-state index < -0.39 is 22.7 Å². The maximum Gasteiger partial charge on any atom is 0.299 e. The van der Waals surface area contributed by atoms with Crippen LogP contribution in [0.2, 0.25) is 0 Å². The summed E-state index contributed by atoms with van der Waals surface area (Å²) in [6.45, 7) is 1.89. The summed E-state index contributed by atoms with van der Waals surface area (Å²) in [5.74, 6) is -0.356. The molecule has 0 bridgehead atoms. The highest BCUT2D eigenvalue weighted by molar-refractivity contribution is 7.82. The highest BCUT2D eigenvalue weighted by Gasteiger charge is 2.36. The van der Waals surface area contributed by atoms with Crippen LogP contribution >= 0.6 is 0 Å². The van der Waals surface area contributed by atoms with Gasteiger partial charge >= 0.3 is 0 Å². The second-order valence-electron chi connectivity index (χ2n) is 6.99. The number of anilines is 1. The fourth-order valence-corrected chi connectivity index (χ4v) is 4.93. The molecule has 2 aromatic carbocycles. The molecule has 0 aliphatic carbocycles. The maximum atomic E-state index is 12.8. The molecule has 7 heteroatoms. The molecule has 1 fully saturated rings. The first kappa shape index (κ1) is 18.8. The Morgan fingerprint density at radius 2 is 1.71 bits per heavy atom. The van der Waals surface area contributed by atoms with E-state index in [1.165, 1.54) is 4.90 Å². The van der Waals surface area contributed by atoms with E-state index in [2.05, 4.69) is 0 Å². The van der Waals surface area contributed by atoms with Crippen LogP contribution in [0.25, 0.3) is 0 Å². The Morgan fingerprint density at radius 3 is 2.39 bits per heavy atom. The molecule has 1 amide bonds. The normalized spacial score (nSPS) is 18.2. The second-order valence-corrected chi connectivity index (χ2v) is 8.47. The molecule has 2 aliphatic rings. The number of nitrogens with zero attached hydrogens (tertiary/aromatic N) is 2. The molecule has 1 atom stereocenters. The number of methoxy groups -OCH3 is 1. The smallest absolute Gasteiger partial charge is 0.299 e. The number of fused-ring (bicyclic) bond motifs is 1. The van der Waals surface area contributed by atoms with Crippen molar-refractivity contribution in [2.75, 3.05) is 25.1 Å². The zero-order valence-corrected chi connectivity index (χ0v) is 16.5. The number of hydrogen-bond acceptors (Lipinski definition) is 4. The number of piperidine rings is 1. The molecule has 0 N–H and O–H groups in total. The second kappa shape index (κ2) is 7.85. The van der Waals surface area contributed by atoms with Crippen LogP contribution < -0.4 is 9.64 Å². The van der Waals surface area contributed by atoms with Crippen molar-refractivity contribution in [1.82, 2.24) is 4.31 Å². The third kappa shape index (κ3) is 3.47. The molecule has 4 rings (SSSR count). The van der Waals surface area contributed by atoms with Gasteiger partial charge in [0.1, 0.15) is 16.7 Å². The lowest BCUT2D eigenvalue weighted by Crippen LogP contribution is -2.31. The van der Waals surface area contributed by atoms with E-state index in [0.29, 0.717) is 22.7 Å². The van der Waals surface area contributed by atoms with E-state index in [-0.39, 0.29) is 0 Å². The van der Waals surface area contributed by atoms with Crippen molar-refractivity contribution in [3.05, 3.63) is 53.6 Å².